The van der Waals surface area contributed by atoms with Gasteiger partial charge in [-0.25, -0.2) is 0 Å². The second-order valence-electron chi connectivity index (χ2n) is 5.36. The van der Waals surface area contributed by atoms with Crippen LogP contribution in [-0.2, 0) is 9.53 Å². The first kappa shape index (κ1) is 13.8. The number of ether oxygens (including phenoxy) is 1. The highest BCUT2D eigenvalue weighted by Gasteiger charge is 2.33. The highest BCUT2D eigenvalue weighted by molar-refractivity contribution is 5.82. The van der Waals surface area contributed by atoms with Crippen LogP contribution in [0.15, 0.2) is 0 Å². The maximum Gasteiger partial charge on any atom is 0.239 e. The Hall–Kier alpha value is -0.650. The number of amides is 1. The Morgan fingerprint density at radius 3 is 2.94 bits per heavy atom. The molecule has 104 valence electrons. The third-order valence-electron chi connectivity index (χ3n) is 3.64. The van der Waals surface area contributed by atoms with Crippen molar-refractivity contribution < 1.29 is 14.6 Å². The Morgan fingerprint density at radius 2 is 2.28 bits per heavy atom. The summed E-state index contributed by atoms with van der Waals surface area (Å²) in [6.07, 6.45) is 4.53. The van der Waals surface area contributed by atoms with Crippen LogP contribution in [0.3, 0.4) is 0 Å². The van der Waals surface area contributed by atoms with Crippen LogP contribution >= 0.6 is 0 Å². The maximum absolute atomic E-state index is 12.2. The third-order valence-corrected chi connectivity index (χ3v) is 3.64. The number of nitrogens with one attached hydrogen (secondary N) is 1. The van der Waals surface area contributed by atoms with E-state index in [0.717, 1.165) is 19.4 Å². The van der Waals surface area contributed by atoms with Gasteiger partial charge in [0.2, 0.25) is 5.91 Å². The molecule has 18 heavy (non-hydrogen) atoms. The van der Waals surface area contributed by atoms with Gasteiger partial charge in [-0.15, -0.1) is 0 Å². The monoisotopic (exact) mass is 256 g/mol. The van der Waals surface area contributed by atoms with Gasteiger partial charge in [0.05, 0.1) is 18.8 Å². The van der Waals surface area contributed by atoms with Gasteiger partial charge in [0.25, 0.3) is 0 Å². The number of aliphatic hydroxyl groups is 1. The van der Waals surface area contributed by atoms with E-state index in [0.29, 0.717) is 25.6 Å². The molecule has 2 rings (SSSR count). The number of hydrogen-bond donors (Lipinski definition) is 2. The summed E-state index contributed by atoms with van der Waals surface area (Å²) in [6, 6.07) is 0.573. The van der Waals surface area contributed by atoms with Crippen LogP contribution in [0.4, 0.5) is 0 Å². The zero-order valence-electron chi connectivity index (χ0n) is 11.1. The van der Waals surface area contributed by atoms with Crippen molar-refractivity contribution in [3.8, 4) is 0 Å². The van der Waals surface area contributed by atoms with Crippen LogP contribution in [0.2, 0.25) is 0 Å². The first-order valence-corrected chi connectivity index (χ1v) is 6.92. The minimum Gasteiger partial charge on any atom is -0.391 e. The minimum absolute atomic E-state index is 0.00539. The number of methoxy groups -OCH3 is 1. The largest absolute Gasteiger partial charge is 0.391 e. The molecule has 2 atom stereocenters. The lowest BCUT2D eigenvalue weighted by atomic mass is 10.0. The van der Waals surface area contributed by atoms with Crippen LogP contribution in [-0.4, -0.2) is 60.9 Å². The molecular formula is C13H24N2O3. The second kappa shape index (κ2) is 6.50. The lowest BCUT2D eigenvalue weighted by Crippen LogP contribution is -2.51. The molecule has 2 fully saturated rings. The third kappa shape index (κ3) is 3.93. The first-order valence-electron chi connectivity index (χ1n) is 6.92. The Balaban J connectivity index is 1.74. The normalized spacial score (nSPS) is 26.4. The topological polar surface area (TPSA) is 61.8 Å². The highest BCUT2D eigenvalue weighted by Crippen LogP contribution is 2.22. The molecule has 1 saturated heterocycles. The fourth-order valence-corrected chi connectivity index (χ4v) is 2.43. The van der Waals surface area contributed by atoms with Gasteiger partial charge in [0.1, 0.15) is 0 Å². The summed E-state index contributed by atoms with van der Waals surface area (Å²) in [6.45, 7) is 1.79. The maximum atomic E-state index is 12.2. The lowest BCUT2D eigenvalue weighted by molar-refractivity contribution is -0.136. The minimum atomic E-state index is -0.473. The van der Waals surface area contributed by atoms with E-state index >= 15 is 0 Å². The fraction of sp³-hybridized carbons (Fsp3) is 0.923. The molecular weight excluding hydrogens is 232 g/mol. The van der Waals surface area contributed by atoms with E-state index in [9.17, 15) is 9.90 Å². The van der Waals surface area contributed by atoms with Crippen molar-refractivity contribution in [3.63, 3.8) is 0 Å². The van der Waals surface area contributed by atoms with E-state index < -0.39 is 6.10 Å². The van der Waals surface area contributed by atoms with Crippen molar-refractivity contribution in [3.05, 3.63) is 0 Å². The summed E-state index contributed by atoms with van der Waals surface area (Å²) in [5.41, 5.74) is 0. The van der Waals surface area contributed by atoms with Crippen LogP contribution in [0.25, 0.3) is 0 Å². The molecule has 1 heterocycles. The molecule has 0 spiro atoms. The number of rotatable bonds is 7. The van der Waals surface area contributed by atoms with E-state index in [1.165, 1.54) is 12.8 Å². The summed E-state index contributed by atoms with van der Waals surface area (Å²) >= 11 is 0. The van der Waals surface area contributed by atoms with Gasteiger partial charge in [0, 0.05) is 26.2 Å². The van der Waals surface area contributed by atoms with E-state index in [1.54, 1.807) is 7.11 Å². The molecule has 1 aliphatic carbocycles. The summed E-state index contributed by atoms with van der Waals surface area (Å²) in [4.78, 5) is 14.1. The SMILES string of the molecule is COCC(O)CCN1CCCC(NC2CC2)C1=O. The molecule has 2 aliphatic rings. The zero-order chi connectivity index (χ0) is 13.0. The number of carbonyl (C=O) groups excluding carboxylic acids is 1. The molecule has 1 saturated carbocycles. The molecule has 0 bridgehead atoms. The van der Waals surface area contributed by atoms with E-state index in [-0.39, 0.29) is 11.9 Å². The van der Waals surface area contributed by atoms with Crippen LogP contribution in [0.5, 0.6) is 0 Å². The van der Waals surface area contributed by atoms with Gasteiger partial charge >= 0.3 is 0 Å². The summed E-state index contributed by atoms with van der Waals surface area (Å²) < 4.78 is 4.89. The molecule has 0 aromatic rings. The van der Waals surface area contributed by atoms with Gasteiger partial charge < -0.3 is 20.1 Å². The van der Waals surface area contributed by atoms with E-state index in [2.05, 4.69) is 5.32 Å². The smallest absolute Gasteiger partial charge is 0.239 e. The molecule has 0 aromatic carbocycles. The van der Waals surface area contributed by atoms with Crippen LogP contribution in [0.1, 0.15) is 32.1 Å². The molecule has 2 unspecified atom stereocenters. The van der Waals surface area contributed by atoms with Crippen molar-refractivity contribution in [2.45, 2.75) is 50.3 Å². The van der Waals surface area contributed by atoms with Crippen molar-refractivity contribution in [2.75, 3.05) is 26.8 Å². The molecule has 0 radical (unpaired) electrons. The van der Waals surface area contributed by atoms with Gasteiger partial charge in [-0.2, -0.15) is 0 Å². The summed E-state index contributed by atoms with van der Waals surface area (Å²) in [5.74, 6) is 0.206. The zero-order valence-corrected chi connectivity index (χ0v) is 11.1. The van der Waals surface area contributed by atoms with Crippen molar-refractivity contribution in [2.24, 2.45) is 0 Å². The Bertz CT molecular complexity index is 281. The standard InChI is InChI=1S/C13H24N2O3/c1-18-9-11(16)6-8-15-7-2-3-12(13(15)17)14-10-4-5-10/h10-12,14,16H,2-9H2,1H3. The molecule has 5 nitrogen and oxygen atoms in total. The van der Waals surface area contributed by atoms with Crippen molar-refractivity contribution in [1.29, 1.82) is 0 Å². The second-order valence-corrected chi connectivity index (χ2v) is 5.36. The Labute approximate surface area is 108 Å². The predicted molar refractivity (Wildman–Crippen MR) is 68.3 cm³/mol. The molecule has 5 heteroatoms. The predicted octanol–water partition coefficient (Wildman–Crippen LogP) is 0.127. The fourth-order valence-electron chi connectivity index (χ4n) is 2.43. The van der Waals surface area contributed by atoms with Gasteiger partial charge in [-0.1, -0.05) is 0 Å². The number of carbonyl (C=O) groups is 1. The van der Waals surface area contributed by atoms with Gasteiger partial charge in [-0.05, 0) is 32.1 Å². The molecule has 2 N–H and O–H groups in total. The van der Waals surface area contributed by atoms with Crippen LogP contribution < -0.4 is 5.32 Å². The number of aliphatic hydroxyl groups excluding tert-OH is 1. The molecule has 1 amide bonds. The first-order chi connectivity index (χ1) is 8.70. The average Bonchev–Trinajstić information content (AvgIpc) is 3.15. The Morgan fingerprint density at radius 1 is 1.50 bits per heavy atom. The summed E-state index contributed by atoms with van der Waals surface area (Å²) in [7, 11) is 1.57. The van der Waals surface area contributed by atoms with E-state index in [1.807, 2.05) is 4.90 Å². The van der Waals surface area contributed by atoms with Crippen molar-refractivity contribution >= 4 is 5.91 Å². The number of likely N-dealkylation sites (tertiary alicyclic amines) is 1. The summed E-state index contributed by atoms with van der Waals surface area (Å²) in [5, 5.41) is 13.0. The number of hydrogen-bond acceptors (Lipinski definition) is 4. The molecule has 1 aliphatic heterocycles. The Kier molecular flexibility index (Phi) is 4.97. The quantitative estimate of drug-likeness (QED) is 0.679. The van der Waals surface area contributed by atoms with Gasteiger partial charge in [-0.3, -0.25) is 4.79 Å². The van der Waals surface area contributed by atoms with Crippen LogP contribution in [0, 0.1) is 0 Å². The highest BCUT2D eigenvalue weighted by atomic mass is 16.5. The van der Waals surface area contributed by atoms with E-state index in [4.69, 9.17) is 4.74 Å². The number of nitrogens with zero attached hydrogens (tertiary/aromatic N) is 1. The average molecular weight is 256 g/mol. The van der Waals surface area contributed by atoms with Crippen molar-refractivity contribution in [1.82, 2.24) is 10.2 Å². The molecule has 0 aromatic heterocycles. The lowest BCUT2D eigenvalue weighted by Gasteiger charge is -2.33. The van der Waals surface area contributed by atoms with Gasteiger partial charge in [0.15, 0.2) is 0 Å². The number of piperidine rings is 1.